The smallest absolute Gasteiger partial charge is 0.354 e. The van der Waals surface area contributed by atoms with Crippen LogP contribution in [-0.2, 0) is 9.36 Å². The van der Waals surface area contributed by atoms with Gasteiger partial charge in [0.2, 0.25) is 5.91 Å². The van der Waals surface area contributed by atoms with Crippen molar-refractivity contribution in [1.82, 2.24) is 5.48 Å². The molecule has 0 aromatic carbocycles. The normalized spacial score (nSPS) is 14.2. The van der Waals surface area contributed by atoms with Crippen molar-refractivity contribution in [3.63, 3.8) is 0 Å². The van der Waals surface area contributed by atoms with Gasteiger partial charge in [0.15, 0.2) is 5.85 Å². The molecule has 0 aliphatic carbocycles. The Morgan fingerprint density at radius 1 is 1.55 bits per heavy atom. The van der Waals surface area contributed by atoms with E-state index in [9.17, 15) is 9.36 Å². The fourth-order valence-corrected chi connectivity index (χ4v) is 0.734. The summed E-state index contributed by atoms with van der Waals surface area (Å²) in [5, 5.41) is 16.4. The fraction of sp³-hybridized carbons (Fsp3) is 0.667. The van der Waals surface area contributed by atoms with Gasteiger partial charge in [0.25, 0.3) is 0 Å². The molecule has 5 N–H and O–H groups in total. The Balaban J connectivity index is 3.98. The molecule has 1 amide bonds. The fourth-order valence-electron chi connectivity index (χ4n) is 0.330. The van der Waals surface area contributed by atoms with Crippen molar-refractivity contribution in [3.05, 3.63) is 0 Å². The first-order valence-corrected chi connectivity index (χ1v) is 4.22. The first-order valence-electron chi connectivity index (χ1n) is 2.54. The molecule has 1 atom stereocenters. The SMILES string of the molecule is O=C(CC(O)P(=O)(O)O)NO. The second-order valence-electron chi connectivity index (χ2n) is 1.81. The van der Waals surface area contributed by atoms with Gasteiger partial charge < -0.3 is 14.9 Å². The second-order valence-corrected chi connectivity index (χ2v) is 3.58. The third-order valence-electron chi connectivity index (χ3n) is 0.881. The predicted molar refractivity (Wildman–Crippen MR) is 32.6 cm³/mol. The predicted octanol–water partition coefficient (Wildman–Crippen LogP) is -1.62. The lowest BCUT2D eigenvalue weighted by Crippen LogP contribution is -2.24. The van der Waals surface area contributed by atoms with Crippen molar-refractivity contribution in [2.24, 2.45) is 0 Å². The maximum absolute atomic E-state index is 10.2. The summed E-state index contributed by atoms with van der Waals surface area (Å²) in [5.74, 6) is -3.12. The van der Waals surface area contributed by atoms with Crippen LogP contribution in [0, 0.1) is 0 Å². The molecule has 0 radical (unpaired) electrons. The Kier molecular flexibility index (Phi) is 3.64. The molecular weight excluding hydrogens is 177 g/mol. The summed E-state index contributed by atoms with van der Waals surface area (Å²) in [7, 11) is -4.64. The van der Waals surface area contributed by atoms with E-state index in [1.165, 1.54) is 0 Å². The van der Waals surface area contributed by atoms with Gasteiger partial charge in [-0.1, -0.05) is 0 Å². The zero-order valence-electron chi connectivity index (χ0n) is 5.34. The third kappa shape index (κ3) is 4.07. The van der Waals surface area contributed by atoms with Crippen molar-refractivity contribution < 1.29 is 29.5 Å². The Hall–Kier alpha value is -0.460. The monoisotopic (exact) mass is 185 g/mol. The zero-order chi connectivity index (χ0) is 9.07. The van der Waals surface area contributed by atoms with Gasteiger partial charge in [0.05, 0.1) is 6.42 Å². The molecule has 1 unspecified atom stereocenters. The topological polar surface area (TPSA) is 127 Å². The lowest BCUT2D eigenvalue weighted by molar-refractivity contribution is -0.130. The lowest BCUT2D eigenvalue weighted by Gasteiger charge is -2.09. The van der Waals surface area contributed by atoms with Crippen molar-refractivity contribution >= 4 is 13.5 Å². The number of nitrogens with one attached hydrogen (secondary N) is 1. The van der Waals surface area contributed by atoms with Crippen molar-refractivity contribution in [2.45, 2.75) is 12.3 Å². The van der Waals surface area contributed by atoms with Crippen molar-refractivity contribution in [3.8, 4) is 0 Å². The van der Waals surface area contributed by atoms with Crippen molar-refractivity contribution in [1.29, 1.82) is 0 Å². The van der Waals surface area contributed by atoms with E-state index >= 15 is 0 Å². The number of amides is 1. The number of hydrogen-bond donors (Lipinski definition) is 5. The van der Waals surface area contributed by atoms with E-state index in [-0.39, 0.29) is 0 Å². The number of aliphatic hydroxyl groups is 1. The molecule has 0 aliphatic heterocycles. The van der Waals surface area contributed by atoms with Gasteiger partial charge in [0, 0.05) is 0 Å². The van der Waals surface area contributed by atoms with Gasteiger partial charge >= 0.3 is 7.60 Å². The number of hydroxylamine groups is 1. The molecule has 0 saturated carbocycles. The average molecular weight is 185 g/mol. The standard InChI is InChI=1S/C3H8NO6P/c5-2(4-7)1-3(6)11(8,9)10/h3,6-7H,1H2,(H,4,5)(H2,8,9,10). The molecule has 7 nitrogen and oxygen atoms in total. The number of hydrogen-bond acceptors (Lipinski definition) is 4. The van der Waals surface area contributed by atoms with Crippen LogP contribution in [0.3, 0.4) is 0 Å². The van der Waals surface area contributed by atoms with Gasteiger partial charge in [-0.3, -0.25) is 14.6 Å². The molecule has 66 valence electrons. The van der Waals surface area contributed by atoms with Crippen LogP contribution in [0.5, 0.6) is 0 Å². The summed E-state index contributed by atoms with van der Waals surface area (Å²) in [6, 6.07) is 0. The molecular formula is C3H8NO6P. The Bertz CT molecular complexity index is 186. The summed E-state index contributed by atoms with van der Waals surface area (Å²) in [6.07, 6.45) is -0.833. The van der Waals surface area contributed by atoms with E-state index in [2.05, 4.69) is 0 Å². The Labute approximate surface area is 61.8 Å². The maximum atomic E-state index is 10.2. The number of carbonyl (C=O) groups excluding carboxylic acids is 1. The maximum Gasteiger partial charge on any atom is 0.354 e. The summed E-state index contributed by atoms with van der Waals surface area (Å²) in [6.45, 7) is 0. The molecule has 0 aromatic heterocycles. The van der Waals surface area contributed by atoms with E-state index in [0.717, 1.165) is 5.48 Å². The van der Waals surface area contributed by atoms with E-state index in [1.54, 1.807) is 0 Å². The highest BCUT2D eigenvalue weighted by Gasteiger charge is 2.28. The van der Waals surface area contributed by atoms with Crippen LogP contribution in [0.1, 0.15) is 6.42 Å². The first kappa shape index (κ1) is 10.5. The quantitative estimate of drug-likeness (QED) is 0.204. The average Bonchev–Trinajstić information content (AvgIpc) is 1.85. The van der Waals surface area contributed by atoms with E-state index in [0.29, 0.717) is 0 Å². The summed E-state index contributed by atoms with van der Waals surface area (Å²) < 4.78 is 10.2. The van der Waals surface area contributed by atoms with Gasteiger partial charge in [-0.2, -0.15) is 0 Å². The summed E-state index contributed by atoms with van der Waals surface area (Å²) in [5.41, 5.74) is 1.13. The van der Waals surface area contributed by atoms with Crippen molar-refractivity contribution in [2.75, 3.05) is 0 Å². The molecule has 0 fully saturated rings. The van der Waals surface area contributed by atoms with Crippen LogP contribution >= 0.6 is 7.60 Å². The van der Waals surface area contributed by atoms with Gasteiger partial charge in [-0.05, 0) is 0 Å². The number of rotatable bonds is 3. The van der Waals surface area contributed by atoms with E-state index in [1.807, 2.05) is 0 Å². The minimum atomic E-state index is -4.64. The molecule has 0 aromatic rings. The Morgan fingerprint density at radius 2 is 2.00 bits per heavy atom. The van der Waals surface area contributed by atoms with Crippen LogP contribution < -0.4 is 5.48 Å². The molecule has 0 heterocycles. The Morgan fingerprint density at radius 3 is 2.27 bits per heavy atom. The number of aliphatic hydroxyl groups excluding tert-OH is 1. The van der Waals surface area contributed by atoms with E-state index in [4.69, 9.17) is 20.1 Å². The molecule has 0 rings (SSSR count). The third-order valence-corrected chi connectivity index (χ3v) is 1.84. The molecule has 0 spiro atoms. The molecule has 0 saturated heterocycles. The highest BCUT2D eigenvalue weighted by Crippen LogP contribution is 2.40. The van der Waals surface area contributed by atoms with Crippen LogP contribution in [0.2, 0.25) is 0 Å². The highest BCUT2D eigenvalue weighted by molar-refractivity contribution is 7.52. The van der Waals surface area contributed by atoms with E-state index < -0.39 is 25.8 Å². The molecule has 0 bridgehead atoms. The lowest BCUT2D eigenvalue weighted by atomic mass is 10.4. The van der Waals surface area contributed by atoms with Gasteiger partial charge in [-0.15, -0.1) is 0 Å². The molecule has 11 heavy (non-hydrogen) atoms. The largest absolute Gasteiger partial charge is 0.380 e. The van der Waals surface area contributed by atoms with Gasteiger partial charge in [-0.25, -0.2) is 5.48 Å². The first-order chi connectivity index (χ1) is 4.88. The van der Waals surface area contributed by atoms with Crippen LogP contribution in [-0.4, -0.2) is 31.9 Å². The van der Waals surface area contributed by atoms with Crippen LogP contribution in [0.4, 0.5) is 0 Å². The minimum absolute atomic E-state index is 0.833. The summed E-state index contributed by atoms with van der Waals surface area (Å²) >= 11 is 0. The molecule has 0 aliphatic rings. The van der Waals surface area contributed by atoms with Crippen LogP contribution in [0.25, 0.3) is 0 Å². The minimum Gasteiger partial charge on any atom is -0.380 e. The highest BCUT2D eigenvalue weighted by atomic mass is 31.2. The van der Waals surface area contributed by atoms with Gasteiger partial charge in [0.1, 0.15) is 0 Å². The zero-order valence-corrected chi connectivity index (χ0v) is 6.23. The van der Waals surface area contributed by atoms with Crippen LogP contribution in [0.15, 0.2) is 0 Å². The second kappa shape index (κ2) is 3.80. The number of carbonyl (C=O) groups is 1. The summed E-state index contributed by atoms with van der Waals surface area (Å²) in [4.78, 5) is 26.7. The molecule has 8 heteroatoms.